The summed E-state index contributed by atoms with van der Waals surface area (Å²) in [6.45, 7) is 0. The number of oxazole rings is 1. The van der Waals surface area contributed by atoms with Gasteiger partial charge in [0.1, 0.15) is 0 Å². The molecule has 0 aliphatic carbocycles. The first-order valence-corrected chi connectivity index (χ1v) is 8.09. The molecule has 2 aromatic carbocycles. The van der Waals surface area contributed by atoms with Gasteiger partial charge in [0.25, 0.3) is 5.69 Å². The smallest absolute Gasteiger partial charge is 0.380 e. The van der Waals surface area contributed by atoms with Gasteiger partial charge < -0.3 is 9.32 Å². The third kappa shape index (κ3) is 1.69. The Morgan fingerprint density at radius 1 is 0.792 bits per heavy atom. The van der Waals surface area contributed by atoms with E-state index in [-0.39, 0.29) is 0 Å². The molecule has 4 aromatic rings. The number of hydrogen-bond donors (Lipinski definition) is 0. The monoisotopic (exact) mass is 313 g/mol. The molecule has 116 valence electrons. The summed E-state index contributed by atoms with van der Waals surface area (Å²) in [4.78, 5) is 2.10. The van der Waals surface area contributed by atoms with Crippen molar-refractivity contribution in [2.45, 2.75) is 0 Å². The first kappa shape index (κ1) is 13.4. The van der Waals surface area contributed by atoms with Gasteiger partial charge in [-0.1, -0.05) is 12.1 Å². The fraction of sp³-hybridized carbons (Fsp3) is 0.0952. The van der Waals surface area contributed by atoms with Crippen molar-refractivity contribution in [1.29, 1.82) is 0 Å². The molecule has 0 unspecified atom stereocenters. The van der Waals surface area contributed by atoms with E-state index < -0.39 is 0 Å². The molecular weight excluding hydrogens is 296 g/mol. The summed E-state index contributed by atoms with van der Waals surface area (Å²) >= 11 is 0. The zero-order valence-corrected chi connectivity index (χ0v) is 13.7. The van der Waals surface area contributed by atoms with Gasteiger partial charge in [-0.25, -0.2) is 0 Å². The average molecular weight is 313 g/mol. The number of rotatable bonds is 2. The van der Waals surface area contributed by atoms with Crippen LogP contribution in [0, 0.1) is 0 Å². The Kier molecular flexibility index (Phi) is 2.63. The highest BCUT2D eigenvalue weighted by Gasteiger charge is 2.36. The minimum Gasteiger partial charge on any atom is -0.397 e. The van der Waals surface area contributed by atoms with Gasteiger partial charge in [0.2, 0.25) is 11.5 Å². The van der Waals surface area contributed by atoms with E-state index in [1.807, 2.05) is 20.2 Å². The van der Waals surface area contributed by atoms with E-state index in [0.717, 1.165) is 22.7 Å². The molecule has 3 heteroatoms. The molecule has 5 rings (SSSR count). The number of aromatic nitrogens is 1. The summed E-state index contributed by atoms with van der Waals surface area (Å²) in [7, 11) is 4.10. The van der Waals surface area contributed by atoms with Gasteiger partial charge in [-0.3, -0.25) is 0 Å². The maximum Gasteiger partial charge on any atom is 0.380 e. The summed E-state index contributed by atoms with van der Waals surface area (Å²) in [5.74, 6) is 0.928. The molecule has 0 saturated heterocycles. The Hall–Kier alpha value is -3.07. The maximum atomic E-state index is 6.22. The predicted molar refractivity (Wildman–Crippen MR) is 96.1 cm³/mol. The number of fused-ring (bicyclic) bond motifs is 3. The first-order chi connectivity index (χ1) is 11.7. The van der Waals surface area contributed by atoms with Crippen LogP contribution in [-0.4, -0.2) is 14.1 Å². The van der Waals surface area contributed by atoms with Crippen molar-refractivity contribution in [3.05, 3.63) is 66.7 Å². The quantitative estimate of drug-likeness (QED) is 0.450. The number of pyridine rings is 1. The number of nitrogens with zero attached hydrogens (tertiary/aromatic N) is 2. The second-order valence-corrected chi connectivity index (χ2v) is 6.35. The summed E-state index contributed by atoms with van der Waals surface area (Å²) in [5, 5.41) is 0. The van der Waals surface area contributed by atoms with Gasteiger partial charge in [0, 0.05) is 31.4 Å². The Morgan fingerprint density at radius 2 is 1.54 bits per heavy atom. The van der Waals surface area contributed by atoms with E-state index in [1.165, 1.54) is 22.5 Å². The molecule has 0 N–H and O–H groups in total. The lowest BCUT2D eigenvalue weighted by atomic mass is 10.0. The highest BCUT2D eigenvalue weighted by Crippen LogP contribution is 2.41. The van der Waals surface area contributed by atoms with E-state index in [4.69, 9.17) is 4.42 Å². The first-order valence-electron chi connectivity index (χ1n) is 8.09. The molecule has 1 aliphatic heterocycles. The lowest BCUT2D eigenvalue weighted by Crippen LogP contribution is -2.20. The molecule has 0 amide bonds. The topological polar surface area (TPSA) is 20.5 Å². The van der Waals surface area contributed by atoms with Crippen LogP contribution in [0.3, 0.4) is 0 Å². The number of benzene rings is 2. The van der Waals surface area contributed by atoms with E-state index in [9.17, 15) is 0 Å². The molecule has 0 spiro atoms. The minimum atomic E-state index is 0.880. The van der Waals surface area contributed by atoms with Crippen LogP contribution in [0.1, 0.15) is 0 Å². The van der Waals surface area contributed by atoms with Crippen molar-refractivity contribution in [3.8, 4) is 33.8 Å². The highest BCUT2D eigenvalue weighted by atomic mass is 16.3. The zero-order valence-electron chi connectivity index (χ0n) is 13.7. The summed E-state index contributed by atoms with van der Waals surface area (Å²) < 4.78 is 8.45. The van der Waals surface area contributed by atoms with Gasteiger partial charge in [0.15, 0.2) is 0 Å². The number of hydrogen-bond acceptors (Lipinski definition) is 2. The fourth-order valence-electron chi connectivity index (χ4n) is 3.53. The number of anilines is 1. The molecule has 2 aromatic heterocycles. The van der Waals surface area contributed by atoms with Crippen LogP contribution >= 0.6 is 0 Å². The van der Waals surface area contributed by atoms with Crippen molar-refractivity contribution < 1.29 is 8.82 Å². The van der Waals surface area contributed by atoms with Gasteiger partial charge in [-0.2, -0.15) is 0 Å². The van der Waals surface area contributed by atoms with Crippen LogP contribution in [0.2, 0.25) is 0 Å². The standard InChI is InChI=1S/C21H17N2O/c1-22(2)15-12-10-14(11-13-15)21-20-17-7-4-3-6-16(17)18-8-5-9-19(24-21)23(18)20/h3-13H,1-2H3/q+1. The van der Waals surface area contributed by atoms with Crippen LogP contribution in [-0.2, 0) is 0 Å². The minimum absolute atomic E-state index is 0.880. The molecule has 3 heterocycles. The Bertz CT molecular complexity index is 1070. The van der Waals surface area contributed by atoms with Crippen molar-refractivity contribution in [3.63, 3.8) is 0 Å². The normalized spacial score (nSPS) is 11.8. The Labute approximate surface area is 140 Å². The van der Waals surface area contributed by atoms with Crippen molar-refractivity contribution in [2.75, 3.05) is 19.0 Å². The Morgan fingerprint density at radius 3 is 2.29 bits per heavy atom. The van der Waals surface area contributed by atoms with Crippen LogP contribution in [0.5, 0.6) is 0 Å². The molecule has 0 fully saturated rings. The predicted octanol–water partition coefficient (Wildman–Crippen LogP) is 4.40. The summed E-state index contributed by atoms with van der Waals surface area (Å²) in [5.41, 5.74) is 7.99. The molecule has 0 radical (unpaired) electrons. The summed E-state index contributed by atoms with van der Waals surface area (Å²) in [6.07, 6.45) is 0. The van der Waals surface area contributed by atoms with Gasteiger partial charge in [-0.05, 0) is 42.5 Å². The molecule has 0 bridgehead atoms. The Balaban J connectivity index is 1.80. The average Bonchev–Trinajstić information content (AvgIpc) is 3.16. The van der Waals surface area contributed by atoms with Crippen molar-refractivity contribution in [2.24, 2.45) is 0 Å². The molecule has 1 aliphatic rings. The maximum absolute atomic E-state index is 6.22. The van der Waals surface area contributed by atoms with Crippen LogP contribution < -0.4 is 9.30 Å². The lowest BCUT2D eigenvalue weighted by molar-refractivity contribution is -0.485. The van der Waals surface area contributed by atoms with Gasteiger partial charge >= 0.3 is 5.71 Å². The second kappa shape index (κ2) is 4.71. The molecule has 0 saturated carbocycles. The third-order valence-corrected chi connectivity index (χ3v) is 4.70. The van der Waals surface area contributed by atoms with E-state index in [0.29, 0.717) is 0 Å². The lowest BCUT2D eigenvalue weighted by Gasteiger charge is -2.11. The fourth-order valence-corrected chi connectivity index (χ4v) is 3.53. The van der Waals surface area contributed by atoms with Gasteiger partial charge in [-0.15, -0.1) is 4.40 Å². The largest absolute Gasteiger partial charge is 0.397 e. The van der Waals surface area contributed by atoms with E-state index in [2.05, 4.69) is 70.0 Å². The van der Waals surface area contributed by atoms with E-state index >= 15 is 0 Å². The van der Waals surface area contributed by atoms with Crippen LogP contribution in [0.4, 0.5) is 5.69 Å². The van der Waals surface area contributed by atoms with Crippen molar-refractivity contribution in [1.82, 2.24) is 0 Å². The molecule has 3 nitrogen and oxygen atoms in total. The molecule has 0 atom stereocenters. The second-order valence-electron chi connectivity index (χ2n) is 6.35. The highest BCUT2D eigenvalue weighted by molar-refractivity contribution is 5.88. The molecular formula is C21H17N2O+. The summed E-state index contributed by atoms with van der Waals surface area (Å²) in [6, 6.07) is 23.3. The van der Waals surface area contributed by atoms with Crippen LogP contribution in [0.15, 0.2) is 71.1 Å². The third-order valence-electron chi connectivity index (χ3n) is 4.70. The SMILES string of the molecule is CN(C)c1ccc(-c2oc3cccc4[n+]3c2-c2ccccc2-4)cc1. The van der Waals surface area contributed by atoms with Crippen molar-refractivity contribution >= 4 is 11.4 Å². The van der Waals surface area contributed by atoms with Gasteiger partial charge in [0.05, 0.1) is 17.2 Å². The van der Waals surface area contributed by atoms with E-state index in [1.54, 1.807) is 0 Å². The molecule has 24 heavy (non-hydrogen) atoms. The van der Waals surface area contributed by atoms with Crippen LogP contribution in [0.25, 0.3) is 39.6 Å². The zero-order chi connectivity index (χ0) is 16.3.